The first kappa shape index (κ1) is 16.0. The third-order valence-electron chi connectivity index (χ3n) is 3.90. The normalized spacial score (nSPS) is 15.2. The van der Waals surface area contributed by atoms with E-state index in [1.165, 1.54) is 12.8 Å². The van der Waals surface area contributed by atoms with Crippen molar-refractivity contribution >= 4 is 17.2 Å². The molecule has 0 spiro atoms. The van der Waals surface area contributed by atoms with Crippen molar-refractivity contribution in [3.8, 4) is 5.75 Å². The van der Waals surface area contributed by atoms with Crippen LogP contribution in [0.4, 0.5) is 0 Å². The number of para-hydroxylation sites is 1. The fourth-order valence-electron chi connectivity index (χ4n) is 2.40. The number of hydrogen-bond donors (Lipinski definition) is 2. The minimum atomic E-state index is -0.147. The molecule has 3 N–H and O–H groups in total. The standard InChI is InChI=1S/C17H21N3O2S/c1-11-20-13(10-23-11)9-22-16-5-3-2-4-14(16)17(21)19-8-15(18)12-6-7-12/h2-5,10,12,15H,6-9,18H2,1H3,(H,19,21). The van der Waals surface area contributed by atoms with Gasteiger partial charge in [0.25, 0.3) is 5.91 Å². The van der Waals surface area contributed by atoms with E-state index < -0.39 is 0 Å². The molecule has 0 saturated heterocycles. The summed E-state index contributed by atoms with van der Waals surface area (Å²) in [5.41, 5.74) is 7.43. The Balaban J connectivity index is 1.60. The lowest BCUT2D eigenvalue weighted by Crippen LogP contribution is -2.38. The average Bonchev–Trinajstić information content (AvgIpc) is 3.33. The predicted molar refractivity (Wildman–Crippen MR) is 90.7 cm³/mol. The molecule has 2 aromatic rings. The molecular formula is C17H21N3O2S. The van der Waals surface area contributed by atoms with Crippen molar-refractivity contribution in [2.24, 2.45) is 11.7 Å². The molecule has 1 saturated carbocycles. The maximum absolute atomic E-state index is 12.4. The summed E-state index contributed by atoms with van der Waals surface area (Å²) >= 11 is 1.59. The lowest BCUT2D eigenvalue weighted by molar-refractivity contribution is 0.0945. The third-order valence-corrected chi connectivity index (χ3v) is 4.72. The van der Waals surface area contributed by atoms with Crippen LogP contribution in [0.25, 0.3) is 0 Å². The topological polar surface area (TPSA) is 77.2 Å². The minimum absolute atomic E-state index is 0.0463. The van der Waals surface area contributed by atoms with E-state index in [4.69, 9.17) is 10.5 Å². The molecule has 122 valence electrons. The predicted octanol–water partition coefficient (Wildman–Crippen LogP) is 2.50. The van der Waals surface area contributed by atoms with E-state index in [-0.39, 0.29) is 11.9 Å². The van der Waals surface area contributed by atoms with Crippen LogP contribution in [0, 0.1) is 12.8 Å². The van der Waals surface area contributed by atoms with Gasteiger partial charge in [-0.05, 0) is 37.8 Å². The smallest absolute Gasteiger partial charge is 0.255 e. The fraction of sp³-hybridized carbons (Fsp3) is 0.412. The minimum Gasteiger partial charge on any atom is -0.486 e. The zero-order valence-electron chi connectivity index (χ0n) is 13.1. The Kier molecular flexibility index (Phi) is 4.93. The summed E-state index contributed by atoms with van der Waals surface area (Å²) in [5, 5.41) is 5.87. The summed E-state index contributed by atoms with van der Waals surface area (Å²) in [6.45, 7) is 2.82. The maximum atomic E-state index is 12.4. The maximum Gasteiger partial charge on any atom is 0.255 e. The quantitative estimate of drug-likeness (QED) is 0.817. The van der Waals surface area contributed by atoms with E-state index in [1.54, 1.807) is 23.5 Å². The van der Waals surface area contributed by atoms with Crippen LogP contribution in [0.1, 0.15) is 33.9 Å². The molecule has 1 fully saturated rings. The van der Waals surface area contributed by atoms with Crippen molar-refractivity contribution in [2.45, 2.75) is 32.4 Å². The average molecular weight is 331 g/mol. The molecular weight excluding hydrogens is 310 g/mol. The molecule has 5 nitrogen and oxygen atoms in total. The van der Waals surface area contributed by atoms with Crippen LogP contribution in [0.2, 0.25) is 0 Å². The van der Waals surface area contributed by atoms with Gasteiger partial charge in [0.1, 0.15) is 12.4 Å². The van der Waals surface area contributed by atoms with Crippen molar-refractivity contribution in [1.29, 1.82) is 0 Å². The second-order valence-electron chi connectivity index (χ2n) is 5.85. The van der Waals surface area contributed by atoms with Crippen LogP contribution >= 0.6 is 11.3 Å². The molecule has 6 heteroatoms. The summed E-state index contributed by atoms with van der Waals surface area (Å²) in [6, 6.07) is 7.29. The van der Waals surface area contributed by atoms with Gasteiger partial charge in [0.05, 0.1) is 16.3 Å². The van der Waals surface area contributed by atoms with Gasteiger partial charge in [-0.3, -0.25) is 4.79 Å². The van der Waals surface area contributed by atoms with E-state index in [1.807, 2.05) is 24.4 Å². The molecule has 1 unspecified atom stereocenters. The van der Waals surface area contributed by atoms with Gasteiger partial charge < -0.3 is 15.8 Å². The third kappa shape index (κ3) is 4.30. The van der Waals surface area contributed by atoms with E-state index in [9.17, 15) is 4.79 Å². The number of amides is 1. The van der Waals surface area contributed by atoms with Crippen LogP contribution in [-0.4, -0.2) is 23.5 Å². The molecule has 0 aliphatic heterocycles. The molecule has 1 aromatic carbocycles. The monoisotopic (exact) mass is 331 g/mol. The van der Waals surface area contributed by atoms with Gasteiger partial charge in [0, 0.05) is 18.0 Å². The Morgan fingerprint density at radius 3 is 2.96 bits per heavy atom. The van der Waals surface area contributed by atoms with Crippen molar-refractivity contribution in [3.05, 3.63) is 45.9 Å². The van der Waals surface area contributed by atoms with Gasteiger partial charge in [0.15, 0.2) is 0 Å². The van der Waals surface area contributed by atoms with Gasteiger partial charge in [-0.2, -0.15) is 0 Å². The first-order valence-corrected chi connectivity index (χ1v) is 8.68. The highest BCUT2D eigenvalue weighted by Gasteiger charge is 2.28. The number of nitrogens with two attached hydrogens (primary N) is 1. The molecule has 1 heterocycles. The molecule has 1 aromatic heterocycles. The van der Waals surface area contributed by atoms with Gasteiger partial charge in [-0.25, -0.2) is 4.98 Å². The highest BCUT2D eigenvalue weighted by Crippen LogP contribution is 2.31. The van der Waals surface area contributed by atoms with Gasteiger partial charge >= 0.3 is 0 Å². The van der Waals surface area contributed by atoms with Gasteiger partial charge in [-0.1, -0.05) is 12.1 Å². The van der Waals surface area contributed by atoms with Gasteiger partial charge in [-0.15, -0.1) is 11.3 Å². The molecule has 23 heavy (non-hydrogen) atoms. The number of hydrogen-bond acceptors (Lipinski definition) is 5. The zero-order chi connectivity index (χ0) is 16.2. The molecule has 0 radical (unpaired) electrons. The van der Waals surface area contributed by atoms with Crippen LogP contribution < -0.4 is 15.8 Å². The van der Waals surface area contributed by atoms with Crippen LogP contribution in [0.5, 0.6) is 5.75 Å². The van der Waals surface area contributed by atoms with Gasteiger partial charge in [0.2, 0.25) is 0 Å². The van der Waals surface area contributed by atoms with Crippen molar-refractivity contribution in [3.63, 3.8) is 0 Å². The highest BCUT2D eigenvalue weighted by molar-refractivity contribution is 7.09. The highest BCUT2D eigenvalue weighted by atomic mass is 32.1. The summed E-state index contributed by atoms with van der Waals surface area (Å²) in [6.07, 6.45) is 2.34. The number of aryl methyl sites for hydroxylation is 1. The van der Waals surface area contributed by atoms with E-state index >= 15 is 0 Å². The van der Waals surface area contributed by atoms with Crippen LogP contribution in [0.15, 0.2) is 29.6 Å². The van der Waals surface area contributed by atoms with E-state index in [0.717, 1.165) is 10.7 Å². The number of thiazole rings is 1. The van der Waals surface area contributed by atoms with E-state index in [0.29, 0.717) is 30.4 Å². The molecule has 1 atom stereocenters. The first-order chi connectivity index (χ1) is 11.1. The Labute approximate surface area is 139 Å². The Hall–Kier alpha value is -1.92. The first-order valence-electron chi connectivity index (χ1n) is 7.80. The van der Waals surface area contributed by atoms with Crippen LogP contribution in [0.3, 0.4) is 0 Å². The molecule has 1 amide bonds. The summed E-state index contributed by atoms with van der Waals surface area (Å²) < 4.78 is 5.78. The summed E-state index contributed by atoms with van der Waals surface area (Å²) in [5.74, 6) is 0.983. The number of rotatable bonds is 7. The van der Waals surface area contributed by atoms with Crippen LogP contribution in [-0.2, 0) is 6.61 Å². The molecule has 1 aliphatic carbocycles. The number of ether oxygens (including phenoxy) is 1. The lowest BCUT2D eigenvalue weighted by Gasteiger charge is -2.14. The van der Waals surface area contributed by atoms with E-state index in [2.05, 4.69) is 10.3 Å². The summed E-state index contributed by atoms with van der Waals surface area (Å²) in [4.78, 5) is 16.7. The van der Waals surface area contributed by atoms with Crippen molar-refractivity contribution in [1.82, 2.24) is 10.3 Å². The lowest BCUT2D eigenvalue weighted by atomic mass is 10.1. The van der Waals surface area contributed by atoms with Crippen molar-refractivity contribution < 1.29 is 9.53 Å². The second-order valence-corrected chi connectivity index (χ2v) is 6.92. The zero-order valence-corrected chi connectivity index (χ0v) is 13.9. The summed E-state index contributed by atoms with van der Waals surface area (Å²) in [7, 11) is 0. The fourth-order valence-corrected chi connectivity index (χ4v) is 3.00. The number of carbonyl (C=O) groups is 1. The number of nitrogens with zero attached hydrogens (tertiary/aromatic N) is 1. The SMILES string of the molecule is Cc1nc(COc2ccccc2C(=O)NCC(N)C2CC2)cs1. The second kappa shape index (κ2) is 7.10. The Morgan fingerprint density at radius 1 is 1.48 bits per heavy atom. The van der Waals surface area contributed by atoms with Crippen molar-refractivity contribution in [2.75, 3.05) is 6.54 Å². The Bertz CT molecular complexity index is 682. The number of benzene rings is 1. The molecule has 1 aliphatic rings. The number of nitrogens with one attached hydrogen (secondary N) is 1. The largest absolute Gasteiger partial charge is 0.486 e. The molecule has 3 rings (SSSR count). The number of carbonyl (C=O) groups excluding carboxylic acids is 1. The Morgan fingerprint density at radius 2 is 2.26 bits per heavy atom. The number of aromatic nitrogens is 1. The molecule has 0 bridgehead atoms.